The Hall–Kier alpha value is -0.490. The van der Waals surface area contributed by atoms with Crippen LogP contribution in [-0.4, -0.2) is 31.4 Å². The molecule has 0 unspecified atom stereocenters. The predicted octanol–water partition coefficient (Wildman–Crippen LogP) is 1.61. The van der Waals surface area contributed by atoms with E-state index >= 15 is 0 Å². The molecule has 0 bridgehead atoms. The minimum absolute atomic E-state index is 0.159. The number of halogens is 1. The maximum absolute atomic E-state index is 11.3. The minimum Gasteiger partial charge on any atom is -0.444 e. The molecule has 1 rings (SSSR count). The molecule has 0 aromatic carbocycles. The molecule has 5 nitrogen and oxygen atoms in total. The summed E-state index contributed by atoms with van der Waals surface area (Å²) in [6, 6.07) is -0.159. The van der Waals surface area contributed by atoms with Crippen molar-refractivity contribution >= 4 is 25.8 Å². The molecule has 0 radical (unpaired) electrons. The van der Waals surface area contributed by atoms with Crippen molar-refractivity contribution in [2.45, 2.75) is 50.5 Å². The lowest BCUT2D eigenvalue weighted by molar-refractivity contribution is 0.0481. The summed E-state index contributed by atoms with van der Waals surface area (Å²) in [7, 11) is 1.68. The fraction of sp³-hybridized carbons (Fsp3) is 0.889. The molecule has 0 aromatic rings. The Bertz CT molecular complexity index is 367. The van der Waals surface area contributed by atoms with Crippen LogP contribution in [0.2, 0.25) is 0 Å². The van der Waals surface area contributed by atoms with Gasteiger partial charge in [-0.1, -0.05) is 0 Å². The van der Waals surface area contributed by atoms with E-state index in [1.165, 1.54) is 0 Å². The molecule has 7 heteroatoms. The molecule has 0 spiro atoms. The Morgan fingerprint density at radius 1 is 1.38 bits per heavy atom. The second-order valence-corrected chi connectivity index (χ2v) is 7.82. The van der Waals surface area contributed by atoms with E-state index in [0.29, 0.717) is 12.8 Å². The molecule has 0 aliphatic heterocycles. The van der Waals surface area contributed by atoms with Gasteiger partial charge >= 0.3 is 6.09 Å². The van der Waals surface area contributed by atoms with Crippen LogP contribution in [0.5, 0.6) is 0 Å². The summed E-state index contributed by atoms with van der Waals surface area (Å²) in [4.78, 5) is 11.3. The van der Waals surface area contributed by atoms with Crippen LogP contribution in [-0.2, 0) is 13.8 Å². The number of hydrogen-bond acceptors (Lipinski definition) is 4. The smallest absolute Gasteiger partial charge is 0.407 e. The number of amides is 1. The van der Waals surface area contributed by atoms with Crippen LogP contribution in [0, 0.1) is 0 Å². The van der Waals surface area contributed by atoms with E-state index in [9.17, 15) is 13.2 Å². The highest BCUT2D eigenvalue weighted by atomic mass is 35.7. The molecular weight excluding hydrogens is 254 g/mol. The first-order chi connectivity index (χ1) is 7.08. The monoisotopic (exact) mass is 269 g/mol. The van der Waals surface area contributed by atoms with Gasteiger partial charge in [0, 0.05) is 16.7 Å². The van der Waals surface area contributed by atoms with Crippen molar-refractivity contribution in [3.8, 4) is 0 Å². The molecule has 16 heavy (non-hydrogen) atoms. The Balaban J connectivity index is 2.31. The number of rotatable bonds is 2. The third kappa shape index (κ3) is 4.17. The van der Waals surface area contributed by atoms with Crippen molar-refractivity contribution in [1.29, 1.82) is 0 Å². The van der Waals surface area contributed by atoms with E-state index < -0.39 is 26.0 Å². The number of carbonyl (C=O) groups is 1. The van der Waals surface area contributed by atoms with Gasteiger partial charge in [0.15, 0.2) is 0 Å². The Kier molecular flexibility index (Phi) is 3.74. The molecule has 1 saturated carbocycles. The van der Waals surface area contributed by atoms with Gasteiger partial charge in [0.25, 0.3) is 0 Å². The number of hydrogen-bond donors (Lipinski definition) is 1. The number of carbonyl (C=O) groups excluding carboxylic acids is 1. The van der Waals surface area contributed by atoms with Gasteiger partial charge in [0.1, 0.15) is 5.60 Å². The first-order valence-electron chi connectivity index (χ1n) is 5.01. The van der Waals surface area contributed by atoms with Crippen LogP contribution in [0.4, 0.5) is 4.79 Å². The average Bonchev–Trinajstić information content (AvgIpc) is 1.89. The van der Waals surface area contributed by atoms with Crippen molar-refractivity contribution in [3.05, 3.63) is 0 Å². The van der Waals surface area contributed by atoms with E-state index in [4.69, 9.17) is 15.4 Å². The quantitative estimate of drug-likeness (QED) is 0.773. The van der Waals surface area contributed by atoms with Crippen molar-refractivity contribution in [2.75, 3.05) is 0 Å². The maximum atomic E-state index is 11.3. The van der Waals surface area contributed by atoms with Gasteiger partial charge in [0.05, 0.1) is 5.25 Å². The average molecular weight is 270 g/mol. The third-order valence-electron chi connectivity index (χ3n) is 2.21. The highest BCUT2D eigenvalue weighted by Gasteiger charge is 2.39. The van der Waals surface area contributed by atoms with Gasteiger partial charge in [-0.3, -0.25) is 0 Å². The number of ether oxygens (including phenoxy) is 1. The molecule has 0 aromatic heterocycles. The fourth-order valence-corrected chi connectivity index (χ4v) is 2.75. The topological polar surface area (TPSA) is 72.5 Å². The summed E-state index contributed by atoms with van der Waals surface area (Å²) in [6.07, 6.45) is 0.179. The van der Waals surface area contributed by atoms with Gasteiger partial charge < -0.3 is 10.1 Å². The number of nitrogens with one attached hydrogen (secondary N) is 1. The maximum Gasteiger partial charge on any atom is 0.407 e. The molecule has 1 amide bonds. The molecular formula is C9H16ClNO4S. The Labute approximate surface area is 99.9 Å². The minimum atomic E-state index is -3.49. The van der Waals surface area contributed by atoms with Crippen LogP contribution in [0.25, 0.3) is 0 Å². The van der Waals surface area contributed by atoms with E-state index in [0.717, 1.165) is 0 Å². The summed E-state index contributed by atoms with van der Waals surface area (Å²) >= 11 is 0. The van der Waals surface area contributed by atoms with Gasteiger partial charge in [-0.05, 0) is 33.6 Å². The highest BCUT2D eigenvalue weighted by molar-refractivity contribution is 8.14. The first kappa shape index (κ1) is 13.6. The van der Waals surface area contributed by atoms with E-state index in [2.05, 4.69) is 5.32 Å². The zero-order valence-corrected chi connectivity index (χ0v) is 11.1. The second kappa shape index (κ2) is 4.41. The molecule has 0 saturated heterocycles. The number of alkyl carbamates (subject to hydrolysis) is 1. The molecule has 1 aliphatic rings. The van der Waals surface area contributed by atoms with E-state index in [-0.39, 0.29) is 6.04 Å². The molecule has 1 fully saturated rings. The van der Waals surface area contributed by atoms with Crippen molar-refractivity contribution < 1.29 is 17.9 Å². The standard InChI is InChI=1S/C9H16ClNO4S/c1-9(2,3)15-8(12)11-6-4-7(5-6)16(10,13)14/h6-7H,4-5H2,1-3H3,(H,11,12)/t6-,7+. The van der Waals surface area contributed by atoms with Crippen LogP contribution in [0.3, 0.4) is 0 Å². The van der Waals surface area contributed by atoms with Gasteiger partial charge in [-0.25, -0.2) is 13.2 Å². The highest BCUT2D eigenvalue weighted by Crippen LogP contribution is 2.29. The molecule has 0 atom stereocenters. The zero-order valence-electron chi connectivity index (χ0n) is 9.49. The fourth-order valence-electron chi connectivity index (χ4n) is 1.39. The normalized spacial score (nSPS) is 25.8. The lowest BCUT2D eigenvalue weighted by Gasteiger charge is -2.33. The Morgan fingerprint density at radius 3 is 2.25 bits per heavy atom. The zero-order chi connectivity index (χ0) is 12.6. The summed E-state index contributed by atoms with van der Waals surface area (Å²) in [5, 5.41) is 2.04. The van der Waals surface area contributed by atoms with Crippen molar-refractivity contribution in [3.63, 3.8) is 0 Å². The van der Waals surface area contributed by atoms with E-state index in [1.807, 2.05) is 0 Å². The van der Waals surface area contributed by atoms with E-state index in [1.54, 1.807) is 20.8 Å². The van der Waals surface area contributed by atoms with Crippen LogP contribution < -0.4 is 5.32 Å². The Morgan fingerprint density at radius 2 is 1.88 bits per heavy atom. The first-order valence-corrected chi connectivity index (χ1v) is 7.38. The summed E-state index contributed by atoms with van der Waals surface area (Å²) in [6.45, 7) is 5.29. The second-order valence-electron chi connectivity index (χ2n) is 4.91. The molecule has 1 N–H and O–H groups in total. The predicted molar refractivity (Wildman–Crippen MR) is 61.0 cm³/mol. The van der Waals surface area contributed by atoms with Crippen LogP contribution >= 0.6 is 10.7 Å². The lowest BCUT2D eigenvalue weighted by Crippen LogP contribution is -2.49. The molecule has 1 aliphatic carbocycles. The SMILES string of the molecule is CC(C)(C)OC(=O)N[C@H]1C[C@@H](S(=O)(=O)Cl)C1. The van der Waals surface area contributed by atoms with Crippen LogP contribution in [0.15, 0.2) is 0 Å². The lowest BCUT2D eigenvalue weighted by atomic mass is 9.92. The van der Waals surface area contributed by atoms with Gasteiger partial charge in [-0.15, -0.1) is 0 Å². The van der Waals surface area contributed by atoms with Gasteiger partial charge in [0.2, 0.25) is 9.05 Å². The van der Waals surface area contributed by atoms with Gasteiger partial charge in [-0.2, -0.15) is 0 Å². The summed E-state index contributed by atoms with van der Waals surface area (Å²) < 4.78 is 26.8. The van der Waals surface area contributed by atoms with Crippen LogP contribution in [0.1, 0.15) is 33.6 Å². The molecule has 94 valence electrons. The van der Waals surface area contributed by atoms with Crippen molar-refractivity contribution in [1.82, 2.24) is 5.32 Å². The van der Waals surface area contributed by atoms with Crippen molar-refractivity contribution in [2.24, 2.45) is 0 Å². The summed E-state index contributed by atoms with van der Waals surface area (Å²) in [5.74, 6) is 0. The largest absolute Gasteiger partial charge is 0.444 e. The molecule has 0 heterocycles. The summed E-state index contributed by atoms with van der Waals surface area (Å²) in [5.41, 5.74) is -0.550. The third-order valence-corrected chi connectivity index (χ3v) is 4.15.